The minimum absolute atomic E-state index is 0.0165. The average Bonchev–Trinajstić information content (AvgIpc) is 2.95. The Kier molecular flexibility index (Phi) is 8.87. The summed E-state index contributed by atoms with van der Waals surface area (Å²) in [6.45, 7) is 6.71. The van der Waals surface area contributed by atoms with Crippen molar-refractivity contribution < 1.29 is 24.1 Å². The van der Waals surface area contributed by atoms with E-state index in [4.69, 9.17) is 14.2 Å². The topological polar surface area (TPSA) is 71.5 Å². The zero-order chi connectivity index (χ0) is 27.3. The second kappa shape index (κ2) is 12.1. The van der Waals surface area contributed by atoms with Crippen LogP contribution in [0.3, 0.4) is 0 Å². The zero-order valence-corrected chi connectivity index (χ0v) is 23.4. The molecule has 0 radical (unpaired) electrons. The van der Waals surface area contributed by atoms with Crippen LogP contribution in [-0.4, -0.2) is 62.5 Å². The molecule has 3 unspecified atom stereocenters. The van der Waals surface area contributed by atoms with Gasteiger partial charge in [-0.15, -0.1) is 0 Å². The maximum atomic E-state index is 13.7. The van der Waals surface area contributed by atoms with Crippen LogP contribution in [0.4, 0.5) is 5.69 Å². The first kappa shape index (κ1) is 27.8. The molecular formula is C31H42N2O5. The van der Waals surface area contributed by atoms with E-state index in [2.05, 4.69) is 43.0 Å². The molecular weight excluding hydrogens is 480 g/mol. The van der Waals surface area contributed by atoms with Crippen LogP contribution in [0.5, 0.6) is 17.2 Å². The van der Waals surface area contributed by atoms with E-state index in [1.807, 2.05) is 17.0 Å². The number of methoxy groups -OCH3 is 3. The van der Waals surface area contributed by atoms with E-state index in [-0.39, 0.29) is 17.9 Å². The van der Waals surface area contributed by atoms with E-state index in [1.54, 1.807) is 33.5 Å². The molecule has 7 nitrogen and oxygen atoms in total. The van der Waals surface area contributed by atoms with Crippen molar-refractivity contribution in [1.29, 1.82) is 0 Å². The summed E-state index contributed by atoms with van der Waals surface area (Å²) in [6.07, 6.45) is 7.84. The molecule has 4 rings (SSSR count). The normalized spacial score (nSPS) is 23.2. The molecule has 206 valence electrons. The number of hydrogen-bond donors (Lipinski definition) is 1. The molecule has 0 aromatic heterocycles. The van der Waals surface area contributed by atoms with Crippen LogP contribution in [0.15, 0.2) is 42.5 Å². The molecule has 1 saturated carbocycles. The van der Waals surface area contributed by atoms with Crippen molar-refractivity contribution in [3.05, 3.63) is 53.6 Å². The number of rotatable bonds is 9. The minimum Gasteiger partial charge on any atom is -0.493 e. The molecule has 38 heavy (non-hydrogen) atoms. The van der Waals surface area contributed by atoms with Crippen LogP contribution in [0, 0.1) is 5.92 Å². The highest BCUT2D eigenvalue weighted by Gasteiger charge is 2.49. The Bertz CT molecular complexity index is 1100. The van der Waals surface area contributed by atoms with Crippen molar-refractivity contribution in [3.8, 4) is 17.2 Å². The number of aliphatic hydroxyl groups is 1. The van der Waals surface area contributed by atoms with Crippen LogP contribution in [0.2, 0.25) is 0 Å². The number of fused-ring (bicyclic) bond motifs is 1. The van der Waals surface area contributed by atoms with E-state index < -0.39 is 5.60 Å². The van der Waals surface area contributed by atoms with Crippen molar-refractivity contribution in [2.45, 2.75) is 57.6 Å². The quantitative estimate of drug-likeness (QED) is 0.441. The second-order valence-corrected chi connectivity index (χ2v) is 10.2. The minimum atomic E-state index is -0.725. The van der Waals surface area contributed by atoms with Crippen molar-refractivity contribution in [1.82, 2.24) is 4.90 Å². The third-order valence-electron chi connectivity index (χ3n) is 8.32. The molecule has 0 bridgehead atoms. The fraction of sp³-hybridized carbons (Fsp3) is 0.516. The number of piperidine rings is 1. The molecule has 0 spiro atoms. The number of nitrogens with zero attached hydrogens (tertiary/aromatic N) is 2. The summed E-state index contributed by atoms with van der Waals surface area (Å²) < 4.78 is 16.3. The number of hydrogen-bond acceptors (Lipinski definition) is 6. The summed E-state index contributed by atoms with van der Waals surface area (Å²) in [7, 11) is 4.72. The van der Waals surface area contributed by atoms with Gasteiger partial charge in [0.25, 0.3) is 0 Å². The highest BCUT2D eigenvalue weighted by molar-refractivity contribution is 5.92. The van der Waals surface area contributed by atoms with Gasteiger partial charge in [-0.3, -0.25) is 4.79 Å². The molecule has 1 N–H and O–H groups in total. The molecule has 1 saturated heterocycles. The Morgan fingerprint density at radius 1 is 1.03 bits per heavy atom. The third-order valence-corrected chi connectivity index (χ3v) is 8.32. The molecule has 7 heteroatoms. The molecule has 2 aromatic rings. The van der Waals surface area contributed by atoms with Gasteiger partial charge in [-0.2, -0.15) is 0 Å². The predicted molar refractivity (Wildman–Crippen MR) is 151 cm³/mol. The van der Waals surface area contributed by atoms with Gasteiger partial charge in [0.05, 0.1) is 33.0 Å². The van der Waals surface area contributed by atoms with E-state index in [0.717, 1.165) is 49.9 Å². The van der Waals surface area contributed by atoms with Crippen LogP contribution >= 0.6 is 0 Å². The molecule has 1 aliphatic carbocycles. The van der Waals surface area contributed by atoms with Gasteiger partial charge in [0, 0.05) is 37.3 Å². The lowest BCUT2D eigenvalue weighted by molar-refractivity contribution is -0.150. The summed E-state index contributed by atoms with van der Waals surface area (Å²) in [5.74, 6) is 1.54. The number of likely N-dealkylation sites (tertiary alicyclic amines) is 1. The molecule has 2 aliphatic rings. The van der Waals surface area contributed by atoms with Crippen molar-refractivity contribution in [2.75, 3.05) is 45.9 Å². The number of ether oxygens (including phenoxy) is 3. The number of carbonyl (C=O) groups is 1. The van der Waals surface area contributed by atoms with Crippen LogP contribution in [-0.2, 0) is 4.79 Å². The van der Waals surface area contributed by atoms with Crippen molar-refractivity contribution in [3.63, 3.8) is 0 Å². The van der Waals surface area contributed by atoms with Gasteiger partial charge < -0.3 is 29.1 Å². The van der Waals surface area contributed by atoms with Crippen LogP contribution in [0.1, 0.15) is 63.1 Å². The van der Waals surface area contributed by atoms with Gasteiger partial charge in [0.2, 0.25) is 11.7 Å². The Balaban J connectivity index is 1.65. The Morgan fingerprint density at radius 3 is 2.26 bits per heavy atom. The number of carbonyl (C=O) groups excluding carboxylic acids is 1. The number of anilines is 1. The van der Waals surface area contributed by atoms with Crippen molar-refractivity contribution in [2.24, 2.45) is 5.92 Å². The van der Waals surface area contributed by atoms with Gasteiger partial charge in [-0.25, -0.2) is 0 Å². The maximum Gasteiger partial charge on any atom is 0.247 e. The summed E-state index contributed by atoms with van der Waals surface area (Å²) in [4.78, 5) is 18.0. The molecule has 2 aromatic carbocycles. The smallest absolute Gasteiger partial charge is 0.247 e. The largest absolute Gasteiger partial charge is 0.493 e. The highest BCUT2D eigenvalue weighted by atomic mass is 16.5. The maximum absolute atomic E-state index is 13.7. The van der Waals surface area contributed by atoms with Gasteiger partial charge in [0.15, 0.2) is 11.5 Å². The van der Waals surface area contributed by atoms with Gasteiger partial charge in [-0.1, -0.05) is 25.0 Å². The lowest BCUT2D eigenvalue weighted by atomic mass is 9.66. The Hall–Kier alpha value is -3.19. The first-order valence-electron chi connectivity index (χ1n) is 13.7. The summed E-state index contributed by atoms with van der Waals surface area (Å²) in [5.41, 5.74) is 2.31. The van der Waals surface area contributed by atoms with E-state index in [0.29, 0.717) is 30.2 Å². The lowest BCUT2D eigenvalue weighted by Crippen LogP contribution is -2.56. The monoisotopic (exact) mass is 522 g/mol. The van der Waals surface area contributed by atoms with Crippen molar-refractivity contribution >= 4 is 17.7 Å². The zero-order valence-electron chi connectivity index (χ0n) is 23.4. The van der Waals surface area contributed by atoms with E-state index >= 15 is 0 Å². The second-order valence-electron chi connectivity index (χ2n) is 10.2. The van der Waals surface area contributed by atoms with E-state index in [1.165, 1.54) is 5.69 Å². The third kappa shape index (κ3) is 5.48. The predicted octanol–water partition coefficient (Wildman–Crippen LogP) is 5.47. The fourth-order valence-corrected chi connectivity index (χ4v) is 6.27. The number of amides is 1. The molecule has 2 fully saturated rings. The first-order chi connectivity index (χ1) is 18.4. The Labute approximate surface area is 227 Å². The van der Waals surface area contributed by atoms with Gasteiger partial charge in [0.1, 0.15) is 0 Å². The highest BCUT2D eigenvalue weighted by Crippen LogP contribution is 2.49. The molecule has 1 amide bonds. The van der Waals surface area contributed by atoms with Gasteiger partial charge >= 0.3 is 0 Å². The van der Waals surface area contributed by atoms with E-state index in [9.17, 15) is 9.90 Å². The lowest BCUT2D eigenvalue weighted by Gasteiger charge is -2.52. The Morgan fingerprint density at radius 2 is 1.68 bits per heavy atom. The number of benzene rings is 2. The fourth-order valence-electron chi connectivity index (χ4n) is 6.27. The SMILES string of the molecule is CCN(CC)c1ccc(C2C3CCCCC3(O)CCN2C(=O)/C=C/c2cc(OC)c(OC)c(OC)c2)cc1. The van der Waals surface area contributed by atoms with Crippen LogP contribution < -0.4 is 19.1 Å². The molecule has 1 heterocycles. The van der Waals surface area contributed by atoms with Crippen LogP contribution in [0.25, 0.3) is 6.08 Å². The first-order valence-corrected chi connectivity index (χ1v) is 13.7. The molecule has 3 atom stereocenters. The standard InChI is InChI=1S/C31H42N2O5/c1-6-32(7-2)24-14-12-23(13-15-24)29-25-10-8-9-17-31(25,35)18-19-33(29)28(34)16-11-22-20-26(36-3)30(38-5)27(21-22)37-4/h11-16,20-21,25,29,35H,6-10,17-19H2,1-5H3/b16-11+. The summed E-state index contributed by atoms with van der Waals surface area (Å²) in [5, 5.41) is 11.6. The van der Waals surface area contributed by atoms with Gasteiger partial charge in [-0.05, 0) is 74.6 Å². The summed E-state index contributed by atoms with van der Waals surface area (Å²) in [6, 6.07) is 12.1. The molecule has 1 aliphatic heterocycles. The average molecular weight is 523 g/mol. The summed E-state index contributed by atoms with van der Waals surface area (Å²) >= 11 is 0.